The minimum Gasteiger partial charge on any atom is -0.490 e. The number of hydrogen-bond donors (Lipinski definition) is 0. The molecule has 0 aliphatic heterocycles. The maximum Gasteiger partial charge on any atom is 0.137 e. The summed E-state index contributed by atoms with van der Waals surface area (Å²) in [6, 6.07) is 7.81. The third-order valence-electron chi connectivity index (χ3n) is 2.12. The minimum absolute atomic E-state index is 0.469. The van der Waals surface area contributed by atoms with Gasteiger partial charge in [-0.1, -0.05) is 13.0 Å². The first-order chi connectivity index (χ1) is 7.31. The van der Waals surface area contributed by atoms with Gasteiger partial charge in [0.05, 0.1) is 12.2 Å². The number of hydrogen-bond acceptors (Lipinski definition) is 3. The van der Waals surface area contributed by atoms with Crippen LogP contribution in [0.2, 0.25) is 0 Å². The van der Waals surface area contributed by atoms with Gasteiger partial charge < -0.3 is 9.47 Å². The van der Waals surface area contributed by atoms with Crippen LogP contribution in [0.15, 0.2) is 18.2 Å². The van der Waals surface area contributed by atoms with Crippen LogP contribution in [-0.2, 0) is 11.2 Å². The predicted molar refractivity (Wildman–Crippen MR) is 57.9 cm³/mol. The van der Waals surface area contributed by atoms with E-state index in [0.717, 1.165) is 12.0 Å². The Bertz CT molecular complexity index is 355. The summed E-state index contributed by atoms with van der Waals surface area (Å²) in [6.45, 7) is 3.05. The first kappa shape index (κ1) is 11.5. The van der Waals surface area contributed by atoms with Gasteiger partial charge in [-0.2, -0.15) is 5.26 Å². The zero-order chi connectivity index (χ0) is 11.1. The molecule has 0 heterocycles. The van der Waals surface area contributed by atoms with Gasteiger partial charge in [0.1, 0.15) is 18.4 Å². The second-order valence-electron chi connectivity index (χ2n) is 3.14. The van der Waals surface area contributed by atoms with E-state index in [4.69, 9.17) is 14.7 Å². The van der Waals surface area contributed by atoms with Gasteiger partial charge in [-0.3, -0.25) is 0 Å². The molecular weight excluding hydrogens is 190 g/mol. The molecule has 3 nitrogen and oxygen atoms in total. The summed E-state index contributed by atoms with van der Waals surface area (Å²) in [6.07, 6.45) is 0.924. The number of aryl methyl sites for hydroxylation is 1. The lowest BCUT2D eigenvalue weighted by Gasteiger charge is -2.08. The minimum atomic E-state index is 0.469. The van der Waals surface area contributed by atoms with Crippen molar-refractivity contribution in [2.75, 3.05) is 20.3 Å². The van der Waals surface area contributed by atoms with Gasteiger partial charge in [0.2, 0.25) is 0 Å². The van der Waals surface area contributed by atoms with Crippen molar-refractivity contribution in [3.63, 3.8) is 0 Å². The topological polar surface area (TPSA) is 42.2 Å². The van der Waals surface area contributed by atoms with E-state index in [2.05, 4.69) is 13.0 Å². The van der Waals surface area contributed by atoms with Gasteiger partial charge in [-0.05, 0) is 24.1 Å². The van der Waals surface area contributed by atoms with Crippen LogP contribution in [0.1, 0.15) is 18.1 Å². The number of benzene rings is 1. The third-order valence-corrected chi connectivity index (χ3v) is 2.12. The molecule has 0 spiro atoms. The predicted octanol–water partition coefficient (Wildman–Crippen LogP) is 2.15. The average Bonchev–Trinajstić information content (AvgIpc) is 2.29. The van der Waals surface area contributed by atoms with Crippen molar-refractivity contribution in [1.29, 1.82) is 5.26 Å². The fourth-order valence-corrected chi connectivity index (χ4v) is 1.25. The number of nitriles is 1. The molecule has 0 bridgehead atoms. The lowest BCUT2D eigenvalue weighted by molar-refractivity contribution is 0.146. The Labute approximate surface area is 90.2 Å². The lowest BCUT2D eigenvalue weighted by atomic mass is 10.1. The fraction of sp³-hybridized carbons (Fsp3) is 0.417. The van der Waals surface area contributed by atoms with E-state index >= 15 is 0 Å². The smallest absolute Gasteiger partial charge is 0.137 e. The summed E-state index contributed by atoms with van der Waals surface area (Å²) >= 11 is 0. The van der Waals surface area contributed by atoms with Gasteiger partial charge in [0, 0.05) is 7.11 Å². The average molecular weight is 205 g/mol. The van der Waals surface area contributed by atoms with E-state index in [-0.39, 0.29) is 0 Å². The van der Waals surface area contributed by atoms with Crippen molar-refractivity contribution in [2.24, 2.45) is 0 Å². The Balaban J connectivity index is 2.75. The number of ether oxygens (including phenoxy) is 2. The van der Waals surface area contributed by atoms with E-state index < -0.39 is 0 Å². The number of rotatable bonds is 5. The van der Waals surface area contributed by atoms with Crippen LogP contribution in [0.5, 0.6) is 5.75 Å². The summed E-state index contributed by atoms with van der Waals surface area (Å²) in [5.41, 5.74) is 1.73. The zero-order valence-electron chi connectivity index (χ0n) is 9.12. The molecule has 0 N–H and O–H groups in total. The standard InChI is InChI=1S/C12H15NO2/c1-3-10-4-5-12(11(8-10)9-13)15-7-6-14-2/h4-5,8H,3,6-7H2,1-2H3. The van der Waals surface area contributed by atoms with E-state index in [9.17, 15) is 0 Å². The fourth-order valence-electron chi connectivity index (χ4n) is 1.25. The molecule has 80 valence electrons. The lowest BCUT2D eigenvalue weighted by Crippen LogP contribution is -2.05. The van der Waals surface area contributed by atoms with E-state index in [1.54, 1.807) is 7.11 Å². The molecule has 0 saturated carbocycles. The highest BCUT2D eigenvalue weighted by Crippen LogP contribution is 2.19. The molecule has 0 fully saturated rings. The van der Waals surface area contributed by atoms with Gasteiger partial charge in [-0.15, -0.1) is 0 Å². The van der Waals surface area contributed by atoms with Gasteiger partial charge in [0.25, 0.3) is 0 Å². The van der Waals surface area contributed by atoms with Crippen LogP contribution in [0.25, 0.3) is 0 Å². The Hall–Kier alpha value is -1.53. The highest BCUT2D eigenvalue weighted by atomic mass is 16.5. The second kappa shape index (κ2) is 6.05. The molecule has 0 amide bonds. The molecule has 0 aliphatic carbocycles. The SMILES string of the molecule is CCc1ccc(OCCOC)c(C#N)c1. The molecule has 0 unspecified atom stereocenters. The Morgan fingerprint density at radius 2 is 2.13 bits per heavy atom. The molecule has 1 rings (SSSR count). The summed E-state index contributed by atoms with van der Waals surface area (Å²) in [5.74, 6) is 0.631. The monoisotopic (exact) mass is 205 g/mol. The molecule has 3 heteroatoms. The first-order valence-corrected chi connectivity index (χ1v) is 4.96. The molecular formula is C12H15NO2. The van der Waals surface area contributed by atoms with Crippen molar-refractivity contribution in [3.8, 4) is 11.8 Å². The van der Waals surface area contributed by atoms with Gasteiger partial charge >= 0.3 is 0 Å². The van der Waals surface area contributed by atoms with Crippen molar-refractivity contribution in [1.82, 2.24) is 0 Å². The zero-order valence-corrected chi connectivity index (χ0v) is 9.12. The molecule has 0 saturated heterocycles. The van der Waals surface area contributed by atoms with Crippen LogP contribution in [0.4, 0.5) is 0 Å². The number of methoxy groups -OCH3 is 1. The molecule has 1 aromatic carbocycles. The highest BCUT2D eigenvalue weighted by Gasteiger charge is 2.03. The first-order valence-electron chi connectivity index (χ1n) is 4.96. The maximum atomic E-state index is 8.93. The molecule has 0 aromatic heterocycles. The van der Waals surface area contributed by atoms with Crippen LogP contribution in [0.3, 0.4) is 0 Å². The number of nitrogens with zero attached hydrogens (tertiary/aromatic N) is 1. The molecule has 0 radical (unpaired) electrons. The molecule has 0 atom stereocenters. The van der Waals surface area contributed by atoms with Crippen LogP contribution >= 0.6 is 0 Å². The Morgan fingerprint density at radius 3 is 2.73 bits per heavy atom. The van der Waals surface area contributed by atoms with E-state index in [0.29, 0.717) is 24.5 Å². The normalized spacial score (nSPS) is 9.67. The summed E-state index contributed by atoms with van der Waals surface area (Å²) in [4.78, 5) is 0. The van der Waals surface area contributed by atoms with Gasteiger partial charge in [-0.25, -0.2) is 0 Å². The Morgan fingerprint density at radius 1 is 1.33 bits per heavy atom. The van der Waals surface area contributed by atoms with Crippen LogP contribution in [0, 0.1) is 11.3 Å². The molecule has 1 aromatic rings. The third kappa shape index (κ3) is 3.26. The Kier molecular flexibility index (Phi) is 4.65. The van der Waals surface area contributed by atoms with Crippen molar-refractivity contribution in [2.45, 2.75) is 13.3 Å². The van der Waals surface area contributed by atoms with Gasteiger partial charge in [0.15, 0.2) is 0 Å². The quantitative estimate of drug-likeness (QED) is 0.692. The largest absolute Gasteiger partial charge is 0.490 e. The van der Waals surface area contributed by atoms with Crippen molar-refractivity contribution < 1.29 is 9.47 Å². The summed E-state index contributed by atoms with van der Waals surface area (Å²) in [7, 11) is 1.62. The summed E-state index contributed by atoms with van der Waals surface area (Å²) < 4.78 is 10.3. The molecule has 15 heavy (non-hydrogen) atoms. The maximum absolute atomic E-state index is 8.93. The van der Waals surface area contributed by atoms with Crippen molar-refractivity contribution in [3.05, 3.63) is 29.3 Å². The molecule has 0 aliphatic rings. The van der Waals surface area contributed by atoms with Crippen molar-refractivity contribution >= 4 is 0 Å². The van der Waals surface area contributed by atoms with E-state index in [1.165, 1.54) is 0 Å². The van der Waals surface area contributed by atoms with E-state index in [1.807, 2.05) is 18.2 Å². The van der Waals surface area contributed by atoms with Crippen LogP contribution in [-0.4, -0.2) is 20.3 Å². The highest BCUT2D eigenvalue weighted by molar-refractivity contribution is 5.45. The second-order valence-corrected chi connectivity index (χ2v) is 3.14. The summed E-state index contributed by atoms with van der Waals surface area (Å²) in [5, 5.41) is 8.93. The van der Waals surface area contributed by atoms with Crippen LogP contribution < -0.4 is 4.74 Å².